The van der Waals surface area contributed by atoms with Gasteiger partial charge in [-0.1, -0.05) is 0 Å². The van der Waals surface area contributed by atoms with Crippen LogP contribution in [-0.2, 0) is 11.0 Å². The SMILES string of the molecule is Cc1nc2cc(C(F)(F)F)c(C(C)Nc3ccc(C(=O)N4CCC(C(F)(F)F)CC4)cc3)cc2c(=O)n1C(C)C(=O)O. The van der Waals surface area contributed by atoms with Gasteiger partial charge >= 0.3 is 18.3 Å². The number of fused-ring (bicyclic) bond motifs is 1. The number of nitrogens with zero attached hydrogens (tertiary/aromatic N) is 3. The molecule has 42 heavy (non-hydrogen) atoms. The zero-order valence-corrected chi connectivity index (χ0v) is 22.8. The fourth-order valence-corrected chi connectivity index (χ4v) is 5.17. The number of amides is 1. The highest BCUT2D eigenvalue weighted by atomic mass is 19.4. The highest BCUT2D eigenvalue weighted by molar-refractivity contribution is 5.94. The molecule has 0 bridgehead atoms. The van der Waals surface area contributed by atoms with Crippen LogP contribution in [0.4, 0.5) is 32.0 Å². The van der Waals surface area contributed by atoms with E-state index in [0.717, 1.165) is 16.7 Å². The van der Waals surface area contributed by atoms with Gasteiger partial charge < -0.3 is 15.3 Å². The Morgan fingerprint density at radius 2 is 1.62 bits per heavy atom. The molecule has 1 aromatic heterocycles. The van der Waals surface area contributed by atoms with Crippen molar-refractivity contribution in [3.63, 3.8) is 0 Å². The number of aliphatic carboxylic acids is 1. The molecule has 1 aliphatic rings. The van der Waals surface area contributed by atoms with E-state index in [0.29, 0.717) is 5.69 Å². The van der Waals surface area contributed by atoms with Crippen LogP contribution in [0.2, 0.25) is 0 Å². The molecule has 14 heteroatoms. The molecule has 0 radical (unpaired) electrons. The van der Waals surface area contributed by atoms with Crippen molar-refractivity contribution in [2.75, 3.05) is 18.4 Å². The molecule has 0 aliphatic carbocycles. The number of likely N-dealkylation sites (tertiary alicyclic amines) is 1. The molecule has 4 rings (SSSR count). The van der Waals surface area contributed by atoms with Gasteiger partial charge in [0.25, 0.3) is 11.5 Å². The summed E-state index contributed by atoms with van der Waals surface area (Å²) in [6, 6.07) is 5.30. The molecule has 1 fully saturated rings. The van der Waals surface area contributed by atoms with E-state index < -0.39 is 53.4 Å². The van der Waals surface area contributed by atoms with Crippen molar-refractivity contribution in [1.82, 2.24) is 14.5 Å². The van der Waals surface area contributed by atoms with E-state index in [1.165, 1.54) is 49.9 Å². The lowest BCUT2D eigenvalue weighted by atomic mass is 9.96. The molecule has 2 aromatic carbocycles. The lowest BCUT2D eigenvalue weighted by Crippen LogP contribution is -2.42. The first-order valence-electron chi connectivity index (χ1n) is 13.1. The number of anilines is 1. The van der Waals surface area contributed by atoms with Gasteiger partial charge in [-0.25, -0.2) is 9.78 Å². The van der Waals surface area contributed by atoms with Gasteiger partial charge in [0, 0.05) is 30.4 Å². The van der Waals surface area contributed by atoms with Crippen molar-refractivity contribution >= 4 is 28.5 Å². The van der Waals surface area contributed by atoms with Crippen LogP contribution in [0.25, 0.3) is 10.9 Å². The Hall–Kier alpha value is -4.10. The molecule has 3 aromatic rings. The Kier molecular flexibility index (Phi) is 8.29. The quantitative estimate of drug-likeness (QED) is 0.340. The van der Waals surface area contributed by atoms with Crippen LogP contribution < -0.4 is 10.9 Å². The molecule has 2 atom stereocenters. The van der Waals surface area contributed by atoms with Crippen LogP contribution in [0.3, 0.4) is 0 Å². The van der Waals surface area contributed by atoms with E-state index >= 15 is 0 Å². The van der Waals surface area contributed by atoms with Gasteiger partial charge in [-0.15, -0.1) is 0 Å². The number of hydrogen-bond donors (Lipinski definition) is 2. The molecule has 1 amide bonds. The minimum atomic E-state index is -4.80. The maximum absolute atomic E-state index is 14.1. The summed E-state index contributed by atoms with van der Waals surface area (Å²) in [6.45, 7) is 3.97. The summed E-state index contributed by atoms with van der Waals surface area (Å²) in [6.07, 6.45) is -9.48. The van der Waals surface area contributed by atoms with Crippen LogP contribution >= 0.6 is 0 Å². The largest absolute Gasteiger partial charge is 0.480 e. The maximum Gasteiger partial charge on any atom is 0.416 e. The van der Waals surface area contributed by atoms with Crippen molar-refractivity contribution < 1.29 is 41.0 Å². The highest BCUT2D eigenvalue weighted by Gasteiger charge is 2.42. The van der Waals surface area contributed by atoms with E-state index in [-0.39, 0.29) is 53.8 Å². The Balaban J connectivity index is 1.60. The van der Waals surface area contributed by atoms with Crippen LogP contribution in [0.1, 0.15) is 66.1 Å². The molecular weight excluding hydrogens is 570 g/mol. The van der Waals surface area contributed by atoms with Crippen LogP contribution in [-0.4, -0.2) is 50.7 Å². The molecule has 8 nitrogen and oxygen atoms in total. The molecule has 0 saturated carbocycles. The number of carbonyl (C=O) groups is 2. The Labute approximate surface area is 236 Å². The van der Waals surface area contributed by atoms with Gasteiger partial charge in [0.2, 0.25) is 0 Å². The number of benzene rings is 2. The summed E-state index contributed by atoms with van der Waals surface area (Å²) < 4.78 is 81.9. The van der Waals surface area contributed by atoms with Crippen molar-refractivity contribution in [3.8, 4) is 0 Å². The lowest BCUT2D eigenvalue weighted by molar-refractivity contribution is -0.183. The van der Waals surface area contributed by atoms with E-state index in [1.54, 1.807) is 0 Å². The van der Waals surface area contributed by atoms with Gasteiger partial charge in [0.05, 0.1) is 22.4 Å². The Bertz CT molecular complexity index is 1560. The summed E-state index contributed by atoms with van der Waals surface area (Å²) in [5.74, 6) is -3.25. The number of piperidine rings is 1. The number of alkyl halides is 6. The van der Waals surface area contributed by atoms with Gasteiger partial charge in [-0.05, 0) is 75.6 Å². The standard InChI is InChI=1S/C28H28F6N4O4/c1-14(35-19-6-4-17(5-7-19)24(39)37-10-8-18(9-11-37)27(29,30)31)20-12-21-23(13-22(20)28(32,33)34)36-16(3)38(25(21)40)15(2)26(41)42/h4-7,12-15,18,35H,8-11H2,1-3H3,(H,41,42). The number of rotatable bonds is 6. The number of carboxylic acid groups (broad SMARTS) is 1. The van der Waals surface area contributed by atoms with Crippen LogP contribution in [0.15, 0.2) is 41.2 Å². The third-order valence-electron chi connectivity index (χ3n) is 7.52. The summed E-state index contributed by atoms with van der Waals surface area (Å²) in [5, 5.41) is 12.1. The average molecular weight is 599 g/mol. The summed E-state index contributed by atoms with van der Waals surface area (Å²) >= 11 is 0. The predicted molar refractivity (Wildman–Crippen MR) is 141 cm³/mol. The number of hydrogen-bond acceptors (Lipinski definition) is 5. The first-order chi connectivity index (χ1) is 19.5. The summed E-state index contributed by atoms with van der Waals surface area (Å²) in [4.78, 5) is 42.8. The topological polar surface area (TPSA) is 105 Å². The number of halogens is 6. The fraction of sp³-hybridized carbons (Fsp3) is 0.429. The third kappa shape index (κ3) is 6.21. The fourth-order valence-electron chi connectivity index (χ4n) is 5.17. The molecule has 2 unspecified atom stereocenters. The normalized spacial score (nSPS) is 16.4. The van der Waals surface area contributed by atoms with E-state index in [9.17, 15) is 45.8 Å². The van der Waals surface area contributed by atoms with E-state index in [2.05, 4.69) is 10.3 Å². The molecule has 226 valence electrons. The molecule has 0 spiro atoms. The maximum atomic E-state index is 14.1. The monoisotopic (exact) mass is 598 g/mol. The summed E-state index contributed by atoms with van der Waals surface area (Å²) in [5.41, 5.74) is -1.76. The van der Waals surface area contributed by atoms with Crippen LogP contribution in [0, 0.1) is 12.8 Å². The second kappa shape index (κ2) is 11.3. The van der Waals surface area contributed by atoms with Crippen molar-refractivity contribution in [3.05, 3.63) is 69.3 Å². The Morgan fingerprint density at radius 1 is 1.02 bits per heavy atom. The predicted octanol–water partition coefficient (Wildman–Crippen LogP) is 5.96. The zero-order chi connectivity index (χ0) is 31.1. The minimum Gasteiger partial charge on any atom is -0.480 e. The van der Waals surface area contributed by atoms with Crippen LogP contribution in [0.5, 0.6) is 0 Å². The van der Waals surface area contributed by atoms with Gasteiger partial charge in [0.15, 0.2) is 0 Å². The molecule has 1 saturated heterocycles. The second-order valence-corrected chi connectivity index (χ2v) is 10.4. The van der Waals surface area contributed by atoms with Gasteiger partial charge in [0.1, 0.15) is 11.9 Å². The number of carbonyl (C=O) groups excluding carboxylic acids is 1. The minimum absolute atomic E-state index is 0.0381. The average Bonchev–Trinajstić information content (AvgIpc) is 2.91. The highest BCUT2D eigenvalue weighted by Crippen LogP contribution is 2.38. The number of carboxylic acids is 1. The number of nitrogens with one attached hydrogen (secondary N) is 1. The lowest BCUT2D eigenvalue weighted by Gasteiger charge is -2.33. The van der Waals surface area contributed by atoms with Crippen molar-refractivity contribution in [2.45, 2.75) is 58.0 Å². The molecule has 2 heterocycles. The van der Waals surface area contributed by atoms with Gasteiger partial charge in [-0.2, -0.15) is 26.3 Å². The molecular formula is C28H28F6N4O4. The van der Waals surface area contributed by atoms with E-state index in [4.69, 9.17) is 0 Å². The summed E-state index contributed by atoms with van der Waals surface area (Å²) in [7, 11) is 0. The number of aryl methyl sites for hydroxylation is 1. The third-order valence-corrected chi connectivity index (χ3v) is 7.52. The van der Waals surface area contributed by atoms with E-state index in [1.807, 2.05) is 0 Å². The second-order valence-electron chi connectivity index (χ2n) is 10.4. The molecule has 2 N–H and O–H groups in total. The first kappa shape index (κ1) is 30.8. The van der Waals surface area contributed by atoms with Gasteiger partial charge in [-0.3, -0.25) is 14.2 Å². The Morgan fingerprint density at radius 3 is 2.14 bits per heavy atom. The van der Waals surface area contributed by atoms with Crippen molar-refractivity contribution in [1.29, 1.82) is 0 Å². The number of aromatic nitrogens is 2. The first-order valence-corrected chi connectivity index (χ1v) is 13.1. The smallest absolute Gasteiger partial charge is 0.416 e. The molecule has 1 aliphatic heterocycles. The zero-order valence-electron chi connectivity index (χ0n) is 22.8. The van der Waals surface area contributed by atoms with Crippen molar-refractivity contribution in [2.24, 2.45) is 5.92 Å².